The summed E-state index contributed by atoms with van der Waals surface area (Å²) in [5.41, 5.74) is 1.31. The molecule has 0 atom stereocenters. The highest BCUT2D eigenvalue weighted by atomic mass is 32.2. The van der Waals surface area contributed by atoms with E-state index in [0.29, 0.717) is 35.2 Å². The van der Waals surface area contributed by atoms with E-state index in [0.717, 1.165) is 13.0 Å². The summed E-state index contributed by atoms with van der Waals surface area (Å²) < 4.78 is 30.8. The second kappa shape index (κ2) is 10.5. The molecule has 0 unspecified atom stereocenters. The average molecular weight is 393 g/mol. The summed E-state index contributed by atoms with van der Waals surface area (Å²) in [4.78, 5) is 11.9. The summed E-state index contributed by atoms with van der Waals surface area (Å²) in [6.45, 7) is 1.86. The van der Waals surface area contributed by atoms with Gasteiger partial charge < -0.3 is 15.1 Å². The van der Waals surface area contributed by atoms with Crippen molar-refractivity contribution in [2.45, 2.75) is 12.8 Å². The molecular formula is C18H25N4O4S+. The van der Waals surface area contributed by atoms with Gasteiger partial charge in [-0.3, -0.25) is 4.55 Å². The fourth-order valence-electron chi connectivity index (χ4n) is 2.41. The molecule has 0 bridgehead atoms. The fraction of sp³-hybridized carbons (Fsp3) is 0.444. The third kappa shape index (κ3) is 10.9. The molecule has 0 radical (unpaired) electrons. The van der Waals surface area contributed by atoms with Crippen molar-refractivity contribution in [3.8, 4) is 17.9 Å². The number of urea groups is 1. The lowest BCUT2D eigenvalue weighted by Crippen LogP contribution is -2.43. The number of amides is 2. The van der Waals surface area contributed by atoms with Crippen LogP contribution in [0.25, 0.3) is 0 Å². The molecule has 2 amide bonds. The van der Waals surface area contributed by atoms with Gasteiger partial charge in [0.05, 0.1) is 32.9 Å². The van der Waals surface area contributed by atoms with Crippen LogP contribution in [0, 0.1) is 23.2 Å². The van der Waals surface area contributed by atoms with E-state index >= 15 is 0 Å². The van der Waals surface area contributed by atoms with Crippen molar-refractivity contribution in [3.63, 3.8) is 0 Å². The van der Waals surface area contributed by atoms with Gasteiger partial charge >= 0.3 is 6.03 Å². The van der Waals surface area contributed by atoms with E-state index in [2.05, 4.69) is 22.5 Å². The third-order valence-corrected chi connectivity index (χ3v) is 4.60. The highest BCUT2D eigenvalue weighted by Gasteiger charge is 2.16. The molecular weight excluding hydrogens is 368 g/mol. The standard InChI is InChI=1S/C18H24N4O4S/c1-22(2,14-5-15-27(24,25)26)13-4-12-20-18(23)21-17-9-7-16(8-10-17)6-3-11-19/h7-10H,4-5,12-15H2,1-2H3,(H2-,20,21,23,24,25,26)/p+1. The summed E-state index contributed by atoms with van der Waals surface area (Å²) >= 11 is 0. The number of nitriles is 1. The summed E-state index contributed by atoms with van der Waals surface area (Å²) in [5, 5.41) is 13.9. The lowest BCUT2D eigenvalue weighted by molar-refractivity contribution is -0.890. The molecule has 0 aromatic heterocycles. The van der Waals surface area contributed by atoms with Gasteiger partial charge in [0.15, 0.2) is 6.07 Å². The maximum Gasteiger partial charge on any atom is 0.319 e. The maximum absolute atomic E-state index is 11.9. The highest BCUT2D eigenvalue weighted by molar-refractivity contribution is 7.85. The van der Waals surface area contributed by atoms with Crippen molar-refractivity contribution < 1.29 is 22.2 Å². The minimum atomic E-state index is -3.92. The number of nitrogens with zero attached hydrogens (tertiary/aromatic N) is 2. The van der Waals surface area contributed by atoms with Crippen molar-refractivity contribution in [2.75, 3.05) is 44.8 Å². The molecule has 146 valence electrons. The second-order valence-electron chi connectivity index (χ2n) is 6.70. The van der Waals surface area contributed by atoms with Crippen molar-refractivity contribution >= 4 is 21.8 Å². The van der Waals surface area contributed by atoms with Crippen LogP contribution in [0.1, 0.15) is 18.4 Å². The largest absolute Gasteiger partial charge is 0.338 e. The Morgan fingerprint density at radius 3 is 2.41 bits per heavy atom. The molecule has 0 fully saturated rings. The van der Waals surface area contributed by atoms with Gasteiger partial charge in [0.25, 0.3) is 10.1 Å². The number of carbonyl (C=O) groups is 1. The fourth-order valence-corrected chi connectivity index (χ4v) is 2.90. The van der Waals surface area contributed by atoms with Crippen LogP contribution >= 0.6 is 0 Å². The van der Waals surface area contributed by atoms with E-state index in [1.54, 1.807) is 30.3 Å². The van der Waals surface area contributed by atoms with Gasteiger partial charge in [-0.15, -0.1) is 0 Å². The summed E-state index contributed by atoms with van der Waals surface area (Å²) in [5.74, 6) is 4.73. The van der Waals surface area contributed by atoms with Crippen molar-refractivity contribution in [1.82, 2.24) is 5.32 Å². The van der Waals surface area contributed by atoms with Crippen LogP contribution in [0.4, 0.5) is 10.5 Å². The number of carbonyl (C=O) groups excluding carboxylic acids is 1. The third-order valence-electron chi connectivity index (χ3n) is 3.80. The molecule has 8 nitrogen and oxygen atoms in total. The number of rotatable bonds is 9. The maximum atomic E-state index is 11.9. The van der Waals surface area contributed by atoms with E-state index in [-0.39, 0.29) is 11.8 Å². The molecule has 0 saturated heterocycles. The number of anilines is 1. The first-order chi connectivity index (χ1) is 12.6. The highest BCUT2D eigenvalue weighted by Crippen LogP contribution is 2.08. The Hall–Kier alpha value is -2.59. The molecule has 0 aliphatic rings. The molecule has 0 heterocycles. The van der Waals surface area contributed by atoms with Crippen LogP contribution in [-0.4, -0.2) is 63.0 Å². The number of benzene rings is 1. The Bertz CT molecular complexity index is 831. The first kappa shape index (κ1) is 22.5. The number of hydrogen-bond donors (Lipinski definition) is 3. The molecule has 3 N–H and O–H groups in total. The number of quaternary nitrogens is 1. The summed E-state index contributed by atoms with van der Waals surface area (Å²) in [6, 6.07) is 8.26. The van der Waals surface area contributed by atoms with E-state index < -0.39 is 10.1 Å². The van der Waals surface area contributed by atoms with Crippen LogP contribution in [0.2, 0.25) is 0 Å². The zero-order valence-corrected chi connectivity index (χ0v) is 16.3. The zero-order valence-electron chi connectivity index (χ0n) is 15.5. The molecule has 1 aromatic carbocycles. The Balaban J connectivity index is 2.29. The number of hydrogen-bond acceptors (Lipinski definition) is 4. The number of nitrogens with one attached hydrogen (secondary N) is 2. The van der Waals surface area contributed by atoms with Gasteiger partial charge in [-0.25, -0.2) is 4.79 Å². The monoisotopic (exact) mass is 393 g/mol. The first-order valence-electron chi connectivity index (χ1n) is 8.43. The Morgan fingerprint density at radius 2 is 1.81 bits per heavy atom. The normalized spacial score (nSPS) is 11.0. The lowest BCUT2D eigenvalue weighted by Gasteiger charge is -2.29. The molecule has 1 rings (SSSR count). The Kier molecular flexibility index (Phi) is 8.76. The van der Waals surface area contributed by atoms with Gasteiger partial charge in [-0.2, -0.15) is 13.7 Å². The predicted molar refractivity (Wildman–Crippen MR) is 103 cm³/mol. The van der Waals surface area contributed by atoms with Crippen LogP contribution in [-0.2, 0) is 10.1 Å². The minimum absolute atomic E-state index is 0.240. The van der Waals surface area contributed by atoms with E-state index in [1.807, 2.05) is 14.1 Å². The molecule has 0 spiro atoms. The molecule has 0 aliphatic heterocycles. The predicted octanol–water partition coefficient (Wildman–Crippen LogP) is 1.43. The average Bonchev–Trinajstić information content (AvgIpc) is 2.57. The quantitative estimate of drug-likeness (QED) is 0.254. The molecule has 0 aliphatic carbocycles. The molecule has 27 heavy (non-hydrogen) atoms. The van der Waals surface area contributed by atoms with Crippen molar-refractivity contribution in [1.29, 1.82) is 5.26 Å². The smallest absolute Gasteiger partial charge is 0.319 e. The second-order valence-corrected chi connectivity index (χ2v) is 8.27. The van der Waals surface area contributed by atoms with Crippen molar-refractivity contribution in [2.24, 2.45) is 0 Å². The minimum Gasteiger partial charge on any atom is -0.338 e. The summed E-state index contributed by atoms with van der Waals surface area (Å²) in [6.07, 6.45) is 1.11. The van der Waals surface area contributed by atoms with Crippen LogP contribution in [0.5, 0.6) is 0 Å². The van der Waals surface area contributed by atoms with Gasteiger partial charge in [0.1, 0.15) is 0 Å². The first-order valence-corrected chi connectivity index (χ1v) is 10.0. The van der Waals surface area contributed by atoms with Crippen LogP contribution < -0.4 is 10.6 Å². The SMILES string of the molecule is C[N+](C)(CCCNC(=O)Nc1ccc(C#CC#N)cc1)CCCS(=O)(=O)O. The summed E-state index contributed by atoms with van der Waals surface area (Å²) in [7, 11) is 0.0289. The lowest BCUT2D eigenvalue weighted by atomic mass is 10.2. The van der Waals surface area contributed by atoms with Gasteiger partial charge in [0.2, 0.25) is 0 Å². The Labute approximate surface area is 160 Å². The molecule has 9 heteroatoms. The van der Waals surface area contributed by atoms with Crippen molar-refractivity contribution in [3.05, 3.63) is 29.8 Å². The Morgan fingerprint density at radius 1 is 1.19 bits per heavy atom. The molecule has 0 saturated carbocycles. The van der Waals surface area contributed by atoms with Gasteiger partial charge in [0, 0.05) is 36.6 Å². The van der Waals surface area contributed by atoms with E-state index in [4.69, 9.17) is 9.81 Å². The van der Waals surface area contributed by atoms with Gasteiger partial charge in [-0.05, 0) is 24.3 Å². The van der Waals surface area contributed by atoms with Crippen LogP contribution in [0.15, 0.2) is 24.3 Å². The van der Waals surface area contributed by atoms with Gasteiger partial charge in [-0.1, -0.05) is 5.92 Å². The van der Waals surface area contributed by atoms with Crippen LogP contribution in [0.3, 0.4) is 0 Å². The van der Waals surface area contributed by atoms with E-state index in [9.17, 15) is 13.2 Å². The topological polar surface area (TPSA) is 119 Å². The zero-order chi connectivity index (χ0) is 20.3. The molecule has 1 aromatic rings. The van der Waals surface area contributed by atoms with E-state index in [1.165, 1.54) is 0 Å².